The van der Waals surface area contributed by atoms with E-state index in [1.807, 2.05) is 10.5 Å². The van der Waals surface area contributed by atoms with E-state index < -0.39 is 20.8 Å². The highest BCUT2D eigenvalue weighted by Gasteiger charge is 2.26. The van der Waals surface area contributed by atoms with Gasteiger partial charge in [-0.3, -0.25) is 8.61 Å². The Morgan fingerprint density at radius 2 is 2.06 bits per heavy atom. The molecule has 31 heavy (non-hydrogen) atoms. The SMILES string of the molecule is C[C@H]1C[C@@H](N=S(C)(C)=O)CN(c2ccnc(-c3cnc4ccc(CS(=O)O)cn34)n2)C1. The Morgan fingerprint density at radius 1 is 1.26 bits per heavy atom. The summed E-state index contributed by atoms with van der Waals surface area (Å²) < 4.78 is 38.9. The van der Waals surface area contributed by atoms with Crippen LogP contribution in [-0.2, 0) is 26.6 Å². The molecule has 0 aliphatic carbocycles. The minimum absolute atomic E-state index is 0.00220. The van der Waals surface area contributed by atoms with E-state index in [-0.39, 0.29) is 11.8 Å². The second-order valence-corrected chi connectivity index (χ2v) is 11.8. The molecule has 4 rings (SSSR count). The minimum atomic E-state index is -2.17. The van der Waals surface area contributed by atoms with Gasteiger partial charge < -0.3 is 9.45 Å². The van der Waals surface area contributed by atoms with Crippen LogP contribution in [-0.4, -0.2) is 64.0 Å². The molecular weight excluding hydrogens is 436 g/mol. The maximum atomic E-state index is 12.2. The van der Waals surface area contributed by atoms with Gasteiger partial charge in [0.2, 0.25) is 0 Å². The molecule has 1 unspecified atom stereocenters. The Balaban J connectivity index is 1.67. The molecule has 0 spiro atoms. The Kier molecular flexibility index (Phi) is 6.09. The molecule has 3 atom stereocenters. The van der Waals surface area contributed by atoms with Crippen LogP contribution in [0.4, 0.5) is 5.82 Å². The molecule has 1 aliphatic rings. The van der Waals surface area contributed by atoms with Crippen LogP contribution in [0, 0.1) is 5.92 Å². The van der Waals surface area contributed by atoms with Crippen molar-refractivity contribution < 1.29 is 13.0 Å². The summed E-state index contributed by atoms with van der Waals surface area (Å²) in [5, 5.41) is 0. The van der Waals surface area contributed by atoms with E-state index in [0.717, 1.165) is 24.3 Å². The van der Waals surface area contributed by atoms with Crippen molar-refractivity contribution in [2.24, 2.45) is 10.3 Å². The fourth-order valence-electron chi connectivity index (χ4n) is 4.01. The molecule has 0 bridgehead atoms. The first-order valence-corrected chi connectivity index (χ1v) is 13.6. The largest absolute Gasteiger partial charge is 0.354 e. The summed E-state index contributed by atoms with van der Waals surface area (Å²) in [6.07, 6.45) is 9.47. The van der Waals surface area contributed by atoms with Gasteiger partial charge in [0.05, 0.1) is 18.0 Å². The van der Waals surface area contributed by atoms with Crippen molar-refractivity contribution >= 4 is 32.3 Å². The monoisotopic (exact) mass is 462 g/mol. The third-order valence-electron chi connectivity index (χ3n) is 5.09. The van der Waals surface area contributed by atoms with Gasteiger partial charge in [-0.1, -0.05) is 13.0 Å². The zero-order chi connectivity index (χ0) is 22.2. The highest BCUT2D eigenvalue weighted by atomic mass is 32.2. The standard InChI is InChI=1S/C20H26N6O3S2/c1-14-8-16(24-31(2,3)29)12-25(10-14)19-6-7-21-20(23-19)17-9-22-18-5-4-15(11-26(17)18)13-30(27)28/h4-7,9,11,14,16H,8,10,12-13H2,1-3H3,(H,27,28)/t14-,16+/m0/s1. The zero-order valence-corrected chi connectivity index (χ0v) is 19.3. The molecule has 0 saturated carbocycles. The van der Waals surface area contributed by atoms with Gasteiger partial charge in [-0.2, -0.15) is 0 Å². The average molecular weight is 463 g/mol. The molecule has 0 radical (unpaired) electrons. The molecule has 0 aromatic carbocycles. The number of fused-ring (bicyclic) bond motifs is 1. The van der Waals surface area contributed by atoms with E-state index >= 15 is 0 Å². The number of anilines is 1. The number of imidazole rings is 1. The van der Waals surface area contributed by atoms with Gasteiger partial charge in [0, 0.05) is 47.7 Å². The van der Waals surface area contributed by atoms with Crippen LogP contribution in [0.2, 0.25) is 0 Å². The van der Waals surface area contributed by atoms with Crippen molar-refractivity contribution in [1.29, 1.82) is 0 Å². The predicted octanol–water partition coefficient (Wildman–Crippen LogP) is 2.46. The van der Waals surface area contributed by atoms with Crippen LogP contribution in [0.5, 0.6) is 0 Å². The summed E-state index contributed by atoms with van der Waals surface area (Å²) in [7, 11) is -2.17. The van der Waals surface area contributed by atoms with Crippen LogP contribution in [0.1, 0.15) is 18.9 Å². The lowest BCUT2D eigenvalue weighted by Crippen LogP contribution is -2.42. The van der Waals surface area contributed by atoms with E-state index in [1.54, 1.807) is 43.2 Å². The lowest BCUT2D eigenvalue weighted by Gasteiger charge is -2.35. The van der Waals surface area contributed by atoms with Crippen LogP contribution in [0.3, 0.4) is 0 Å². The van der Waals surface area contributed by atoms with E-state index in [9.17, 15) is 13.0 Å². The molecule has 166 valence electrons. The summed E-state index contributed by atoms with van der Waals surface area (Å²) in [6, 6.07) is 5.47. The first kappa shape index (κ1) is 21.8. The summed E-state index contributed by atoms with van der Waals surface area (Å²) in [6.45, 7) is 3.68. The molecule has 9 nitrogen and oxygen atoms in total. The van der Waals surface area contributed by atoms with E-state index in [2.05, 4.69) is 26.2 Å². The van der Waals surface area contributed by atoms with Crippen molar-refractivity contribution in [2.75, 3.05) is 30.5 Å². The molecule has 1 N–H and O–H groups in total. The second-order valence-electron chi connectivity index (χ2n) is 8.30. The molecular formula is C20H26N6O3S2. The van der Waals surface area contributed by atoms with Gasteiger partial charge in [0.1, 0.15) is 17.2 Å². The van der Waals surface area contributed by atoms with Gasteiger partial charge in [-0.15, -0.1) is 0 Å². The van der Waals surface area contributed by atoms with Crippen molar-refractivity contribution in [3.05, 3.63) is 42.4 Å². The van der Waals surface area contributed by atoms with E-state index in [4.69, 9.17) is 4.98 Å². The number of hydrogen-bond acceptors (Lipinski definition) is 7. The third-order valence-corrected chi connectivity index (χ3v) is 6.48. The first-order chi connectivity index (χ1) is 14.7. The van der Waals surface area contributed by atoms with Crippen LogP contribution in [0.15, 0.2) is 41.2 Å². The molecule has 4 heterocycles. The molecule has 1 fully saturated rings. The number of aromatic nitrogens is 4. The van der Waals surface area contributed by atoms with Crippen molar-refractivity contribution in [2.45, 2.75) is 25.1 Å². The Hall–Kier alpha value is -2.37. The summed E-state index contributed by atoms with van der Waals surface area (Å²) in [5.41, 5.74) is 2.14. The molecule has 11 heteroatoms. The summed E-state index contributed by atoms with van der Waals surface area (Å²) in [4.78, 5) is 15.8. The topological polar surface area (TPSA) is 113 Å². The Labute approximate surface area is 184 Å². The fraction of sp³-hybridized carbons (Fsp3) is 0.450. The summed E-state index contributed by atoms with van der Waals surface area (Å²) >= 11 is -1.92. The molecule has 1 aliphatic heterocycles. The normalized spacial score (nSPS) is 20.7. The Morgan fingerprint density at radius 3 is 2.81 bits per heavy atom. The zero-order valence-electron chi connectivity index (χ0n) is 17.7. The molecule has 3 aromatic rings. The molecule has 1 saturated heterocycles. The predicted molar refractivity (Wildman–Crippen MR) is 123 cm³/mol. The smallest absolute Gasteiger partial charge is 0.180 e. The van der Waals surface area contributed by atoms with Crippen LogP contribution < -0.4 is 4.90 Å². The maximum absolute atomic E-state index is 12.2. The van der Waals surface area contributed by atoms with Crippen molar-refractivity contribution in [1.82, 2.24) is 19.4 Å². The number of rotatable bonds is 5. The van der Waals surface area contributed by atoms with Gasteiger partial charge >= 0.3 is 0 Å². The molecule has 3 aromatic heterocycles. The van der Waals surface area contributed by atoms with Crippen molar-refractivity contribution in [3.8, 4) is 11.5 Å². The lowest BCUT2D eigenvalue weighted by molar-refractivity contribution is 0.402. The lowest BCUT2D eigenvalue weighted by atomic mass is 9.97. The average Bonchev–Trinajstić information content (AvgIpc) is 3.09. The summed E-state index contributed by atoms with van der Waals surface area (Å²) in [5.74, 6) is 1.76. The first-order valence-electron chi connectivity index (χ1n) is 9.96. The van der Waals surface area contributed by atoms with Gasteiger partial charge in [-0.05, 0) is 30.0 Å². The van der Waals surface area contributed by atoms with E-state index in [1.165, 1.54) is 0 Å². The highest BCUT2D eigenvalue weighted by molar-refractivity contribution is 7.92. The van der Waals surface area contributed by atoms with Gasteiger partial charge in [0.15, 0.2) is 16.9 Å². The maximum Gasteiger partial charge on any atom is 0.180 e. The van der Waals surface area contributed by atoms with Crippen molar-refractivity contribution in [3.63, 3.8) is 0 Å². The quantitative estimate of drug-likeness (QED) is 0.580. The van der Waals surface area contributed by atoms with Crippen LogP contribution >= 0.6 is 0 Å². The highest BCUT2D eigenvalue weighted by Crippen LogP contribution is 2.26. The number of piperidine rings is 1. The Bertz CT molecular complexity index is 1240. The fourth-order valence-corrected chi connectivity index (χ4v) is 5.33. The number of nitrogens with zero attached hydrogens (tertiary/aromatic N) is 6. The third kappa shape index (κ3) is 5.28. The van der Waals surface area contributed by atoms with Gasteiger partial charge in [0.25, 0.3) is 0 Å². The molecule has 0 amide bonds. The minimum Gasteiger partial charge on any atom is -0.354 e. The van der Waals surface area contributed by atoms with E-state index in [0.29, 0.717) is 29.6 Å². The number of hydrogen-bond donors (Lipinski definition) is 1. The van der Waals surface area contributed by atoms with Gasteiger partial charge in [-0.25, -0.2) is 23.5 Å². The van der Waals surface area contributed by atoms with Crippen LogP contribution in [0.25, 0.3) is 17.2 Å². The number of pyridine rings is 1. The second kappa shape index (κ2) is 8.64.